The fourth-order valence-electron chi connectivity index (χ4n) is 2.00. The Morgan fingerprint density at radius 1 is 1.65 bits per heavy atom. The molecular weight excluding hydrogens is 218 g/mol. The lowest BCUT2D eigenvalue weighted by atomic mass is 10.2. The predicted octanol–water partition coefficient (Wildman–Crippen LogP) is 0.524. The summed E-state index contributed by atoms with van der Waals surface area (Å²) in [7, 11) is 1.53. The number of aromatic nitrogens is 1. The van der Waals surface area contributed by atoms with Gasteiger partial charge >= 0.3 is 0 Å². The van der Waals surface area contributed by atoms with E-state index in [-0.39, 0.29) is 5.91 Å². The van der Waals surface area contributed by atoms with E-state index < -0.39 is 0 Å². The smallest absolute Gasteiger partial charge is 0.259 e. The Kier molecular flexibility index (Phi) is 3.58. The topological polar surface area (TPSA) is 54.5 Å². The summed E-state index contributed by atoms with van der Waals surface area (Å²) >= 11 is 0. The van der Waals surface area contributed by atoms with E-state index in [0.29, 0.717) is 17.5 Å². The van der Waals surface area contributed by atoms with Gasteiger partial charge in [-0.25, -0.2) is 4.98 Å². The molecule has 0 aliphatic carbocycles. The molecule has 0 spiro atoms. The maximum atomic E-state index is 12.3. The van der Waals surface area contributed by atoms with E-state index in [4.69, 9.17) is 4.74 Å². The van der Waals surface area contributed by atoms with Crippen molar-refractivity contribution in [1.29, 1.82) is 0 Å². The highest BCUT2D eigenvalue weighted by atomic mass is 16.5. The number of nitrogens with one attached hydrogen (secondary N) is 1. The molecule has 1 unspecified atom stereocenters. The van der Waals surface area contributed by atoms with Crippen LogP contribution >= 0.6 is 0 Å². The minimum absolute atomic E-state index is 0.0108. The van der Waals surface area contributed by atoms with Crippen LogP contribution in [0.5, 0.6) is 5.88 Å². The highest BCUT2D eigenvalue weighted by molar-refractivity contribution is 5.96. The number of amides is 1. The molecule has 0 saturated carbocycles. The molecule has 1 fully saturated rings. The molecule has 1 amide bonds. The molecular formula is C12H17N3O2. The zero-order valence-electron chi connectivity index (χ0n) is 10.1. The molecule has 0 aromatic carbocycles. The van der Waals surface area contributed by atoms with Crippen molar-refractivity contribution in [3.8, 4) is 5.88 Å². The molecule has 92 valence electrons. The number of piperazine rings is 1. The minimum atomic E-state index is -0.0108. The molecule has 1 atom stereocenters. The van der Waals surface area contributed by atoms with Gasteiger partial charge < -0.3 is 15.0 Å². The lowest BCUT2D eigenvalue weighted by Crippen LogP contribution is -2.51. The molecule has 5 heteroatoms. The Hall–Kier alpha value is -1.62. The quantitative estimate of drug-likeness (QED) is 0.812. The first-order valence-electron chi connectivity index (χ1n) is 5.74. The van der Waals surface area contributed by atoms with Gasteiger partial charge in [0.15, 0.2) is 0 Å². The normalized spacial score (nSPS) is 20.1. The molecule has 0 bridgehead atoms. The number of carbonyl (C=O) groups excluding carboxylic acids is 1. The van der Waals surface area contributed by atoms with E-state index in [1.54, 1.807) is 18.3 Å². The summed E-state index contributed by atoms with van der Waals surface area (Å²) in [5.74, 6) is 0.381. The van der Waals surface area contributed by atoms with Crippen LogP contribution in [0, 0.1) is 0 Å². The third kappa shape index (κ3) is 2.55. The number of hydrogen-bond donors (Lipinski definition) is 1. The Labute approximate surface area is 101 Å². The molecule has 1 saturated heterocycles. The number of ether oxygens (including phenoxy) is 1. The summed E-state index contributed by atoms with van der Waals surface area (Å²) in [4.78, 5) is 18.2. The molecule has 1 aliphatic rings. The van der Waals surface area contributed by atoms with Crippen molar-refractivity contribution in [3.63, 3.8) is 0 Å². The number of methoxy groups -OCH3 is 1. The second-order valence-corrected chi connectivity index (χ2v) is 4.17. The summed E-state index contributed by atoms with van der Waals surface area (Å²) in [5, 5.41) is 3.31. The fourth-order valence-corrected chi connectivity index (χ4v) is 2.00. The highest BCUT2D eigenvalue weighted by Crippen LogP contribution is 2.16. The first-order chi connectivity index (χ1) is 8.22. The Bertz CT molecular complexity index is 408. The van der Waals surface area contributed by atoms with Crippen LogP contribution in [0.4, 0.5) is 0 Å². The van der Waals surface area contributed by atoms with Crippen LogP contribution in [0.15, 0.2) is 18.3 Å². The van der Waals surface area contributed by atoms with E-state index in [2.05, 4.69) is 17.2 Å². The first kappa shape index (κ1) is 11.9. The number of hydrogen-bond acceptors (Lipinski definition) is 4. The SMILES string of the molecule is COc1ncccc1C(=O)N1CCNC(C)C1. The van der Waals surface area contributed by atoms with Crippen molar-refractivity contribution in [2.75, 3.05) is 26.7 Å². The molecule has 1 aromatic heterocycles. The number of rotatable bonds is 2. The van der Waals surface area contributed by atoms with Crippen LogP contribution in [-0.2, 0) is 0 Å². The second-order valence-electron chi connectivity index (χ2n) is 4.17. The van der Waals surface area contributed by atoms with Crippen LogP contribution < -0.4 is 10.1 Å². The molecule has 1 N–H and O–H groups in total. The van der Waals surface area contributed by atoms with E-state index in [1.165, 1.54) is 7.11 Å². The van der Waals surface area contributed by atoms with E-state index in [9.17, 15) is 4.79 Å². The maximum absolute atomic E-state index is 12.3. The van der Waals surface area contributed by atoms with Gasteiger partial charge in [0.25, 0.3) is 5.91 Å². The van der Waals surface area contributed by atoms with E-state index in [1.807, 2.05) is 4.90 Å². The molecule has 0 radical (unpaired) electrons. The summed E-state index contributed by atoms with van der Waals surface area (Å²) in [6, 6.07) is 3.83. The zero-order valence-corrected chi connectivity index (χ0v) is 10.1. The average Bonchev–Trinajstić information content (AvgIpc) is 2.38. The van der Waals surface area contributed by atoms with Crippen LogP contribution in [0.3, 0.4) is 0 Å². The van der Waals surface area contributed by atoms with Crippen molar-refractivity contribution < 1.29 is 9.53 Å². The lowest BCUT2D eigenvalue weighted by Gasteiger charge is -2.32. The van der Waals surface area contributed by atoms with Crippen LogP contribution in [0.1, 0.15) is 17.3 Å². The fraction of sp³-hybridized carbons (Fsp3) is 0.500. The van der Waals surface area contributed by atoms with E-state index in [0.717, 1.165) is 19.6 Å². The summed E-state index contributed by atoms with van der Waals surface area (Å²) in [6.07, 6.45) is 1.62. The van der Waals surface area contributed by atoms with Crippen molar-refractivity contribution in [3.05, 3.63) is 23.9 Å². The van der Waals surface area contributed by atoms with Crippen molar-refractivity contribution in [2.45, 2.75) is 13.0 Å². The largest absolute Gasteiger partial charge is 0.480 e. The monoisotopic (exact) mass is 235 g/mol. The van der Waals surface area contributed by atoms with Gasteiger partial charge in [-0.2, -0.15) is 0 Å². The van der Waals surface area contributed by atoms with Gasteiger partial charge in [-0.1, -0.05) is 0 Å². The van der Waals surface area contributed by atoms with Gasteiger partial charge in [-0.3, -0.25) is 4.79 Å². The highest BCUT2D eigenvalue weighted by Gasteiger charge is 2.24. The predicted molar refractivity (Wildman–Crippen MR) is 64.2 cm³/mol. The van der Waals surface area contributed by atoms with Crippen molar-refractivity contribution >= 4 is 5.91 Å². The lowest BCUT2D eigenvalue weighted by molar-refractivity contribution is 0.0705. The van der Waals surface area contributed by atoms with Gasteiger partial charge in [-0.05, 0) is 19.1 Å². The maximum Gasteiger partial charge on any atom is 0.259 e. The van der Waals surface area contributed by atoms with Crippen LogP contribution in [-0.4, -0.2) is 48.6 Å². The Balaban J connectivity index is 2.18. The second kappa shape index (κ2) is 5.14. The van der Waals surface area contributed by atoms with Crippen LogP contribution in [0.2, 0.25) is 0 Å². The summed E-state index contributed by atoms with van der Waals surface area (Å²) in [6.45, 7) is 4.34. The average molecular weight is 235 g/mol. The van der Waals surface area contributed by atoms with Gasteiger partial charge in [0.05, 0.1) is 7.11 Å². The number of pyridine rings is 1. The number of nitrogens with zero attached hydrogens (tertiary/aromatic N) is 2. The molecule has 17 heavy (non-hydrogen) atoms. The molecule has 1 aromatic rings. The summed E-state index contributed by atoms with van der Waals surface area (Å²) in [5.41, 5.74) is 0.532. The van der Waals surface area contributed by atoms with E-state index >= 15 is 0 Å². The van der Waals surface area contributed by atoms with Crippen LogP contribution in [0.25, 0.3) is 0 Å². The van der Waals surface area contributed by atoms with Gasteiger partial charge in [0, 0.05) is 31.9 Å². The van der Waals surface area contributed by atoms with Gasteiger partial charge in [0.1, 0.15) is 5.56 Å². The minimum Gasteiger partial charge on any atom is -0.480 e. The third-order valence-electron chi connectivity index (χ3n) is 2.85. The van der Waals surface area contributed by atoms with Gasteiger partial charge in [-0.15, -0.1) is 0 Å². The van der Waals surface area contributed by atoms with Crippen molar-refractivity contribution in [2.24, 2.45) is 0 Å². The zero-order chi connectivity index (χ0) is 12.3. The molecule has 5 nitrogen and oxygen atoms in total. The molecule has 2 rings (SSSR count). The van der Waals surface area contributed by atoms with Crippen molar-refractivity contribution in [1.82, 2.24) is 15.2 Å². The first-order valence-corrected chi connectivity index (χ1v) is 5.74. The standard InChI is InChI=1S/C12H17N3O2/c1-9-8-15(7-6-13-9)12(16)10-4-3-5-14-11(10)17-2/h3-5,9,13H,6-8H2,1-2H3. The Morgan fingerprint density at radius 3 is 3.18 bits per heavy atom. The third-order valence-corrected chi connectivity index (χ3v) is 2.85. The number of carbonyl (C=O) groups is 1. The molecule has 1 aliphatic heterocycles. The molecule has 2 heterocycles. The summed E-state index contributed by atoms with van der Waals surface area (Å²) < 4.78 is 5.11. The Morgan fingerprint density at radius 2 is 2.47 bits per heavy atom. The van der Waals surface area contributed by atoms with Gasteiger partial charge in [0.2, 0.25) is 5.88 Å².